The van der Waals surface area contributed by atoms with Gasteiger partial charge in [0, 0.05) is 25.7 Å². The summed E-state index contributed by atoms with van der Waals surface area (Å²) in [6.45, 7) is 5.76. The Kier molecular flexibility index (Phi) is 7.62. The number of likely N-dealkylation sites (N-methyl/N-ethyl adjacent to an activating group) is 1. The van der Waals surface area contributed by atoms with Gasteiger partial charge in [0.05, 0.1) is 19.0 Å². The third-order valence-corrected chi connectivity index (χ3v) is 4.16. The average Bonchev–Trinajstić information content (AvgIpc) is 2.83. The Bertz CT molecular complexity index is 564. The predicted octanol–water partition coefficient (Wildman–Crippen LogP) is 0.173. The molecule has 0 unspecified atom stereocenters. The molecule has 8 heteroatoms. The highest BCUT2D eigenvalue weighted by Crippen LogP contribution is 2.10. The van der Waals surface area contributed by atoms with Crippen LogP contribution in [0.5, 0.6) is 5.88 Å². The van der Waals surface area contributed by atoms with Crippen molar-refractivity contribution in [3.05, 3.63) is 18.3 Å². The van der Waals surface area contributed by atoms with Crippen LogP contribution >= 0.6 is 0 Å². The topological polar surface area (TPSA) is 86.8 Å². The molecular formula is C17H27N5O3. The van der Waals surface area contributed by atoms with Crippen molar-refractivity contribution in [3.63, 3.8) is 0 Å². The molecule has 25 heavy (non-hydrogen) atoms. The molecule has 0 bridgehead atoms. The number of carbonyl (C=O) groups excluding carboxylic acids is 2. The lowest BCUT2D eigenvalue weighted by atomic mass is 10.3. The van der Waals surface area contributed by atoms with E-state index in [1.54, 1.807) is 12.1 Å². The van der Waals surface area contributed by atoms with Crippen molar-refractivity contribution in [1.82, 2.24) is 20.1 Å². The van der Waals surface area contributed by atoms with E-state index >= 15 is 0 Å². The van der Waals surface area contributed by atoms with Gasteiger partial charge in [-0.3, -0.25) is 9.59 Å². The van der Waals surface area contributed by atoms with Gasteiger partial charge in [0.15, 0.2) is 0 Å². The maximum Gasteiger partial charge on any atom is 0.313 e. The van der Waals surface area contributed by atoms with Crippen LogP contribution in [-0.4, -0.2) is 80.0 Å². The van der Waals surface area contributed by atoms with Gasteiger partial charge in [-0.05, 0) is 45.6 Å². The molecule has 2 heterocycles. The van der Waals surface area contributed by atoms with Crippen molar-refractivity contribution in [2.24, 2.45) is 0 Å². The Morgan fingerprint density at radius 3 is 2.76 bits per heavy atom. The number of amides is 2. The van der Waals surface area contributed by atoms with Crippen molar-refractivity contribution in [3.8, 4) is 5.88 Å². The number of hydrogen-bond acceptors (Lipinski definition) is 6. The summed E-state index contributed by atoms with van der Waals surface area (Å²) >= 11 is 0. The number of rotatable bonds is 6. The molecule has 1 aliphatic rings. The number of nitrogens with zero attached hydrogens (tertiary/aromatic N) is 3. The summed E-state index contributed by atoms with van der Waals surface area (Å²) in [5, 5.41) is 5.17. The fourth-order valence-electron chi connectivity index (χ4n) is 2.67. The van der Waals surface area contributed by atoms with Crippen LogP contribution in [0.25, 0.3) is 0 Å². The summed E-state index contributed by atoms with van der Waals surface area (Å²) in [6.07, 6.45) is 3.44. The van der Waals surface area contributed by atoms with Gasteiger partial charge in [0.2, 0.25) is 5.88 Å². The van der Waals surface area contributed by atoms with E-state index in [0.29, 0.717) is 18.1 Å². The largest absolute Gasteiger partial charge is 0.481 e. The Morgan fingerprint density at radius 1 is 1.20 bits per heavy atom. The molecule has 1 saturated heterocycles. The van der Waals surface area contributed by atoms with Crippen LogP contribution in [0.1, 0.15) is 12.8 Å². The minimum absolute atomic E-state index is 0.446. The van der Waals surface area contributed by atoms with Gasteiger partial charge >= 0.3 is 11.8 Å². The van der Waals surface area contributed by atoms with Crippen molar-refractivity contribution in [1.29, 1.82) is 0 Å². The summed E-state index contributed by atoms with van der Waals surface area (Å²) in [5.74, 6) is -0.878. The van der Waals surface area contributed by atoms with E-state index < -0.39 is 11.8 Å². The standard InChI is InChI=1S/C17H27N5O3/c1-21-8-4-10-22(12-11-21)9-3-7-18-16(23)17(24)20-14-5-6-15(25-2)19-13-14/h5-6,13H,3-4,7-12H2,1-2H3,(H,18,23)(H,20,24). The quantitative estimate of drug-likeness (QED) is 0.563. The Labute approximate surface area is 148 Å². The third-order valence-electron chi connectivity index (χ3n) is 4.16. The number of ether oxygens (including phenoxy) is 1. The Hall–Kier alpha value is -2.19. The summed E-state index contributed by atoms with van der Waals surface area (Å²) in [4.78, 5) is 32.4. The number of carbonyl (C=O) groups is 2. The van der Waals surface area contributed by atoms with Gasteiger partial charge in [0.1, 0.15) is 0 Å². The van der Waals surface area contributed by atoms with E-state index in [-0.39, 0.29) is 0 Å². The van der Waals surface area contributed by atoms with Crippen LogP contribution in [0.4, 0.5) is 5.69 Å². The van der Waals surface area contributed by atoms with Gasteiger partial charge in [-0.1, -0.05) is 0 Å². The van der Waals surface area contributed by atoms with Crippen LogP contribution in [0.2, 0.25) is 0 Å². The SMILES string of the molecule is COc1ccc(NC(=O)C(=O)NCCCN2CCCN(C)CC2)cn1. The normalized spacial score (nSPS) is 16.1. The maximum atomic E-state index is 11.8. The van der Waals surface area contributed by atoms with E-state index in [1.165, 1.54) is 19.7 Å². The van der Waals surface area contributed by atoms with E-state index in [4.69, 9.17) is 4.74 Å². The minimum atomic E-state index is -0.691. The molecule has 0 radical (unpaired) electrons. The molecule has 0 aromatic carbocycles. The number of anilines is 1. The molecule has 1 fully saturated rings. The van der Waals surface area contributed by atoms with Crippen LogP contribution in [-0.2, 0) is 9.59 Å². The van der Waals surface area contributed by atoms with E-state index in [9.17, 15) is 9.59 Å². The minimum Gasteiger partial charge on any atom is -0.481 e. The van der Waals surface area contributed by atoms with Gasteiger partial charge in [-0.2, -0.15) is 0 Å². The van der Waals surface area contributed by atoms with Gasteiger partial charge in [-0.15, -0.1) is 0 Å². The second kappa shape index (κ2) is 9.95. The van der Waals surface area contributed by atoms with Crippen molar-refractivity contribution in [2.75, 3.05) is 58.7 Å². The number of aromatic nitrogens is 1. The molecule has 2 amide bonds. The lowest BCUT2D eigenvalue weighted by molar-refractivity contribution is -0.136. The molecule has 138 valence electrons. The first-order valence-electron chi connectivity index (χ1n) is 8.58. The Balaban J connectivity index is 1.64. The maximum absolute atomic E-state index is 11.8. The van der Waals surface area contributed by atoms with Gasteiger partial charge in [0.25, 0.3) is 0 Å². The summed E-state index contributed by atoms with van der Waals surface area (Å²) in [5.41, 5.74) is 0.453. The first kappa shape index (κ1) is 19.1. The number of hydrogen-bond donors (Lipinski definition) is 2. The van der Waals surface area contributed by atoms with Crippen molar-refractivity contribution < 1.29 is 14.3 Å². The molecule has 1 aliphatic heterocycles. The molecule has 0 atom stereocenters. The molecule has 2 N–H and O–H groups in total. The smallest absolute Gasteiger partial charge is 0.313 e. The van der Waals surface area contributed by atoms with E-state index in [2.05, 4.69) is 32.5 Å². The summed E-state index contributed by atoms with van der Waals surface area (Å²) in [7, 11) is 3.65. The molecule has 2 rings (SSSR count). The lowest BCUT2D eigenvalue weighted by Gasteiger charge is -2.19. The second-order valence-electron chi connectivity index (χ2n) is 6.15. The zero-order chi connectivity index (χ0) is 18.1. The molecule has 1 aromatic rings. The highest BCUT2D eigenvalue weighted by molar-refractivity contribution is 6.39. The zero-order valence-electron chi connectivity index (χ0n) is 15.0. The lowest BCUT2D eigenvalue weighted by Crippen LogP contribution is -2.37. The van der Waals surface area contributed by atoms with Gasteiger partial charge < -0.3 is 25.2 Å². The monoisotopic (exact) mass is 349 g/mol. The van der Waals surface area contributed by atoms with Crippen molar-refractivity contribution >= 4 is 17.5 Å². The fourth-order valence-corrected chi connectivity index (χ4v) is 2.67. The van der Waals surface area contributed by atoms with Crippen LogP contribution in [0.15, 0.2) is 18.3 Å². The van der Waals surface area contributed by atoms with Crippen molar-refractivity contribution in [2.45, 2.75) is 12.8 Å². The van der Waals surface area contributed by atoms with Crippen LogP contribution < -0.4 is 15.4 Å². The fraction of sp³-hybridized carbons (Fsp3) is 0.588. The predicted molar refractivity (Wildman–Crippen MR) is 95.6 cm³/mol. The third kappa shape index (κ3) is 6.67. The number of nitrogens with one attached hydrogen (secondary N) is 2. The highest BCUT2D eigenvalue weighted by atomic mass is 16.5. The van der Waals surface area contributed by atoms with Crippen LogP contribution in [0, 0.1) is 0 Å². The number of pyridine rings is 1. The van der Waals surface area contributed by atoms with E-state index in [1.807, 2.05) is 0 Å². The first-order valence-corrected chi connectivity index (χ1v) is 8.58. The van der Waals surface area contributed by atoms with E-state index in [0.717, 1.165) is 39.1 Å². The highest BCUT2D eigenvalue weighted by Gasteiger charge is 2.14. The Morgan fingerprint density at radius 2 is 2.04 bits per heavy atom. The molecule has 0 aliphatic carbocycles. The molecule has 8 nitrogen and oxygen atoms in total. The molecule has 0 saturated carbocycles. The summed E-state index contributed by atoms with van der Waals surface area (Å²) in [6, 6.07) is 3.25. The second-order valence-corrected chi connectivity index (χ2v) is 6.15. The van der Waals surface area contributed by atoms with Crippen LogP contribution in [0.3, 0.4) is 0 Å². The average molecular weight is 349 g/mol. The first-order chi connectivity index (χ1) is 12.1. The molecule has 1 aromatic heterocycles. The molecular weight excluding hydrogens is 322 g/mol. The van der Waals surface area contributed by atoms with Gasteiger partial charge in [-0.25, -0.2) is 4.98 Å². The summed E-state index contributed by atoms with van der Waals surface area (Å²) < 4.78 is 4.94. The molecule has 0 spiro atoms. The zero-order valence-corrected chi connectivity index (χ0v) is 15.0. The number of methoxy groups -OCH3 is 1.